The van der Waals surface area contributed by atoms with Gasteiger partial charge in [0.05, 0.1) is 0 Å². The van der Waals surface area contributed by atoms with Gasteiger partial charge in [-0.3, -0.25) is 4.90 Å². The molecule has 3 heteroatoms. The zero-order valence-corrected chi connectivity index (χ0v) is 10.2. The normalized spacial score (nSPS) is 23.5. The first kappa shape index (κ1) is 12.5. The van der Waals surface area contributed by atoms with Crippen molar-refractivity contribution in [2.45, 2.75) is 25.6 Å². The minimum Gasteiger partial charge on any atom is -0.328 e. The van der Waals surface area contributed by atoms with Crippen LogP contribution in [0.5, 0.6) is 0 Å². The molecule has 0 amide bonds. The Kier molecular flexibility index (Phi) is 4.51. The van der Waals surface area contributed by atoms with Crippen molar-refractivity contribution in [3.63, 3.8) is 0 Å². The molecule has 1 aliphatic heterocycles. The number of alkyl halides is 1. The Morgan fingerprint density at radius 1 is 1.35 bits per heavy atom. The van der Waals surface area contributed by atoms with Crippen LogP contribution in [0.25, 0.3) is 0 Å². The highest BCUT2D eigenvalue weighted by atomic mass is 19.1. The lowest BCUT2D eigenvalue weighted by atomic mass is 9.93. The molecule has 2 N–H and O–H groups in total. The number of piperidine rings is 1. The van der Waals surface area contributed by atoms with E-state index in [1.165, 1.54) is 5.56 Å². The Labute approximate surface area is 103 Å². The van der Waals surface area contributed by atoms with Gasteiger partial charge in [-0.25, -0.2) is 4.39 Å². The third-order valence-corrected chi connectivity index (χ3v) is 3.53. The van der Waals surface area contributed by atoms with Crippen LogP contribution >= 0.6 is 0 Å². The average Bonchev–Trinajstić information content (AvgIpc) is 2.39. The summed E-state index contributed by atoms with van der Waals surface area (Å²) in [6.45, 7) is 2.99. The summed E-state index contributed by atoms with van der Waals surface area (Å²) >= 11 is 0. The van der Waals surface area contributed by atoms with E-state index < -0.39 is 6.17 Å². The monoisotopic (exact) mass is 236 g/mol. The molecule has 2 atom stereocenters. The molecule has 2 unspecified atom stereocenters. The predicted octanol–water partition coefficient (Wildman–Crippen LogP) is 2.20. The number of hydrogen-bond acceptors (Lipinski definition) is 2. The number of nitrogens with zero attached hydrogens (tertiary/aromatic N) is 1. The van der Waals surface area contributed by atoms with E-state index in [9.17, 15) is 4.39 Å². The molecule has 0 bridgehead atoms. The van der Waals surface area contributed by atoms with E-state index in [1.807, 2.05) is 6.07 Å². The van der Waals surface area contributed by atoms with Crippen LogP contribution in [0.2, 0.25) is 0 Å². The smallest absolute Gasteiger partial charge is 0.116 e. The zero-order chi connectivity index (χ0) is 12.1. The maximum Gasteiger partial charge on any atom is 0.116 e. The number of rotatable bonds is 4. The minimum absolute atomic E-state index is 0.123. The van der Waals surface area contributed by atoms with Gasteiger partial charge in [0.1, 0.15) is 6.17 Å². The average molecular weight is 236 g/mol. The largest absolute Gasteiger partial charge is 0.328 e. The lowest BCUT2D eigenvalue weighted by Crippen LogP contribution is -2.40. The van der Waals surface area contributed by atoms with Crippen LogP contribution in [0.15, 0.2) is 30.3 Å². The summed E-state index contributed by atoms with van der Waals surface area (Å²) in [5, 5.41) is 0. The molecule has 1 saturated heterocycles. The topological polar surface area (TPSA) is 29.3 Å². The van der Waals surface area contributed by atoms with Gasteiger partial charge in [0.2, 0.25) is 0 Å². The second-order valence-corrected chi connectivity index (χ2v) is 4.87. The first-order valence-electron chi connectivity index (χ1n) is 6.40. The molecule has 1 aliphatic rings. The summed E-state index contributed by atoms with van der Waals surface area (Å²) in [4.78, 5) is 2.34. The van der Waals surface area contributed by atoms with Gasteiger partial charge < -0.3 is 5.73 Å². The van der Waals surface area contributed by atoms with Crippen LogP contribution in [0.3, 0.4) is 0 Å². The van der Waals surface area contributed by atoms with Gasteiger partial charge in [-0.15, -0.1) is 0 Å². The van der Waals surface area contributed by atoms with Crippen LogP contribution in [0, 0.1) is 5.92 Å². The standard InChI is InChI=1S/C14H21FN2/c15-14(9-16)13-7-4-8-17(11-13)10-12-5-2-1-3-6-12/h1-3,5-6,13-14H,4,7-11,16H2. The summed E-state index contributed by atoms with van der Waals surface area (Å²) in [7, 11) is 0. The summed E-state index contributed by atoms with van der Waals surface area (Å²) in [5.74, 6) is 0.123. The van der Waals surface area contributed by atoms with Crippen molar-refractivity contribution in [2.75, 3.05) is 19.6 Å². The Morgan fingerprint density at radius 2 is 2.12 bits per heavy atom. The molecule has 94 valence electrons. The molecule has 2 nitrogen and oxygen atoms in total. The molecule has 0 spiro atoms. The van der Waals surface area contributed by atoms with Gasteiger partial charge in [0.15, 0.2) is 0 Å². The van der Waals surface area contributed by atoms with Gasteiger partial charge in [-0.2, -0.15) is 0 Å². The highest BCUT2D eigenvalue weighted by Gasteiger charge is 2.26. The van der Waals surface area contributed by atoms with Crippen LogP contribution in [0.4, 0.5) is 4.39 Å². The Morgan fingerprint density at radius 3 is 2.82 bits per heavy atom. The number of hydrogen-bond donors (Lipinski definition) is 1. The van der Waals surface area contributed by atoms with E-state index in [2.05, 4.69) is 29.2 Å². The maximum atomic E-state index is 13.6. The number of halogens is 1. The van der Waals surface area contributed by atoms with E-state index in [4.69, 9.17) is 5.73 Å². The fourth-order valence-corrected chi connectivity index (χ4v) is 2.56. The summed E-state index contributed by atoms with van der Waals surface area (Å²) in [6.07, 6.45) is 1.22. The van der Waals surface area contributed by atoms with Gasteiger partial charge in [-0.1, -0.05) is 30.3 Å². The number of nitrogens with two attached hydrogens (primary N) is 1. The summed E-state index contributed by atoms with van der Waals surface area (Å²) in [5.41, 5.74) is 6.71. The molecule has 1 aromatic rings. The highest BCUT2D eigenvalue weighted by molar-refractivity contribution is 5.14. The lowest BCUT2D eigenvalue weighted by molar-refractivity contribution is 0.107. The first-order chi connectivity index (χ1) is 8.29. The van der Waals surface area contributed by atoms with Crippen LogP contribution < -0.4 is 5.73 Å². The quantitative estimate of drug-likeness (QED) is 0.868. The van der Waals surface area contributed by atoms with Crippen molar-refractivity contribution >= 4 is 0 Å². The molecular weight excluding hydrogens is 215 g/mol. The fraction of sp³-hybridized carbons (Fsp3) is 0.571. The molecule has 0 saturated carbocycles. The molecular formula is C14H21FN2. The Bertz CT molecular complexity index is 328. The fourth-order valence-electron chi connectivity index (χ4n) is 2.56. The zero-order valence-electron chi connectivity index (χ0n) is 10.2. The second-order valence-electron chi connectivity index (χ2n) is 4.87. The minimum atomic E-state index is -0.839. The molecule has 0 radical (unpaired) electrons. The van der Waals surface area contributed by atoms with E-state index in [0.717, 1.165) is 32.5 Å². The summed E-state index contributed by atoms with van der Waals surface area (Å²) in [6, 6.07) is 10.4. The molecule has 1 heterocycles. The van der Waals surface area contributed by atoms with Crippen molar-refractivity contribution in [3.8, 4) is 0 Å². The van der Waals surface area contributed by atoms with E-state index in [0.29, 0.717) is 0 Å². The Hall–Kier alpha value is -0.930. The van der Waals surface area contributed by atoms with Crippen molar-refractivity contribution in [3.05, 3.63) is 35.9 Å². The van der Waals surface area contributed by atoms with Crippen molar-refractivity contribution in [2.24, 2.45) is 11.7 Å². The third-order valence-electron chi connectivity index (χ3n) is 3.53. The van der Waals surface area contributed by atoms with Gasteiger partial charge in [0.25, 0.3) is 0 Å². The first-order valence-corrected chi connectivity index (χ1v) is 6.40. The van der Waals surface area contributed by atoms with Crippen molar-refractivity contribution in [1.82, 2.24) is 4.90 Å². The van der Waals surface area contributed by atoms with Crippen molar-refractivity contribution in [1.29, 1.82) is 0 Å². The molecule has 2 rings (SSSR count). The van der Waals surface area contributed by atoms with E-state index in [1.54, 1.807) is 0 Å². The summed E-state index contributed by atoms with van der Waals surface area (Å²) < 4.78 is 13.6. The SMILES string of the molecule is NCC(F)C1CCCN(Cc2ccccc2)C1. The maximum absolute atomic E-state index is 13.6. The second kappa shape index (κ2) is 6.12. The van der Waals surface area contributed by atoms with Crippen LogP contribution in [0.1, 0.15) is 18.4 Å². The highest BCUT2D eigenvalue weighted by Crippen LogP contribution is 2.22. The molecule has 1 aromatic carbocycles. The molecule has 0 aromatic heterocycles. The third kappa shape index (κ3) is 3.51. The molecule has 0 aliphatic carbocycles. The molecule has 17 heavy (non-hydrogen) atoms. The van der Waals surface area contributed by atoms with Gasteiger partial charge in [0, 0.05) is 25.6 Å². The lowest BCUT2D eigenvalue weighted by Gasteiger charge is -2.34. The van der Waals surface area contributed by atoms with Gasteiger partial charge in [-0.05, 0) is 24.9 Å². The van der Waals surface area contributed by atoms with Crippen molar-refractivity contribution < 1.29 is 4.39 Å². The van der Waals surface area contributed by atoms with Gasteiger partial charge >= 0.3 is 0 Å². The van der Waals surface area contributed by atoms with Crippen LogP contribution in [-0.4, -0.2) is 30.7 Å². The van der Waals surface area contributed by atoms with E-state index in [-0.39, 0.29) is 12.5 Å². The number of likely N-dealkylation sites (tertiary alicyclic amines) is 1. The van der Waals surface area contributed by atoms with Crippen LogP contribution in [-0.2, 0) is 6.54 Å². The van der Waals surface area contributed by atoms with E-state index >= 15 is 0 Å². The predicted molar refractivity (Wildman–Crippen MR) is 68.4 cm³/mol. The Balaban J connectivity index is 1.89. The molecule has 1 fully saturated rings. The number of benzene rings is 1.